The first-order valence-corrected chi connectivity index (χ1v) is 13.7. The van der Waals surface area contributed by atoms with E-state index in [0.717, 1.165) is 28.6 Å². The number of amides is 2. The summed E-state index contributed by atoms with van der Waals surface area (Å²) in [6.45, 7) is 9.15. The van der Waals surface area contributed by atoms with Gasteiger partial charge in [-0.1, -0.05) is 59.7 Å². The molecule has 2 aliphatic rings. The van der Waals surface area contributed by atoms with Gasteiger partial charge < -0.3 is 19.8 Å². The number of piperidine rings is 1. The second-order valence-electron chi connectivity index (χ2n) is 9.19. The highest BCUT2D eigenvalue weighted by Crippen LogP contribution is 2.43. The van der Waals surface area contributed by atoms with Gasteiger partial charge in [-0.15, -0.1) is 0 Å². The molecule has 7 nitrogen and oxygen atoms in total. The molecule has 0 spiro atoms. The molecule has 2 aromatic carbocycles. The number of benzene rings is 2. The molecule has 0 saturated carbocycles. The lowest BCUT2D eigenvalue weighted by atomic mass is 9.96. The van der Waals surface area contributed by atoms with E-state index >= 15 is 0 Å². The Hall–Kier alpha value is -2.68. The third kappa shape index (κ3) is 6.08. The van der Waals surface area contributed by atoms with E-state index in [0.29, 0.717) is 49.6 Å². The number of likely N-dealkylation sites (tertiary alicyclic amines) is 1. The highest BCUT2D eigenvalue weighted by molar-refractivity contribution is 7.99. The Morgan fingerprint density at radius 3 is 2.16 bits per heavy atom. The molecule has 2 aliphatic heterocycles. The minimum atomic E-state index is -0.825. The number of nitrogens with zero attached hydrogens (tertiary/aromatic N) is 3. The van der Waals surface area contributed by atoms with Gasteiger partial charge >= 0.3 is 5.97 Å². The number of para-hydroxylation sites is 1. The van der Waals surface area contributed by atoms with E-state index in [2.05, 4.69) is 17.5 Å². The van der Waals surface area contributed by atoms with E-state index in [1.54, 1.807) is 17.9 Å². The largest absolute Gasteiger partial charge is 0.481 e. The highest BCUT2D eigenvalue weighted by atomic mass is 35.5. The van der Waals surface area contributed by atoms with Crippen molar-refractivity contribution in [2.75, 3.05) is 44.2 Å². The Morgan fingerprint density at radius 2 is 1.54 bits per heavy atom. The van der Waals surface area contributed by atoms with E-state index in [1.807, 2.05) is 29.2 Å². The lowest BCUT2D eigenvalue weighted by Crippen LogP contribution is -2.48. The number of anilines is 1. The molecule has 196 valence electrons. The summed E-state index contributed by atoms with van der Waals surface area (Å²) in [7, 11) is 0. The first-order chi connectivity index (χ1) is 17.7. The number of carbonyl (C=O) groups is 3. The van der Waals surface area contributed by atoms with Crippen LogP contribution >= 0.6 is 35.0 Å². The van der Waals surface area contributed by atoms with Crippen LogP contribution in [-0.2, 0) is 14.4 Å². The van der Waals surface area contributed by atoms with Crippen molar-refractivity contribution in [3.05, 3.63) is 58.6 Å². The Kier molecular flexibility index (Phi) is 8.72. The van der Waals surface area contributed by atoms with Crippen LogP contribution in [0.1, 0.15) is 25.3 Å². The van der Waals surface area contributed by atoms with Gasteiger partial charge in [0.25, 0.3) is 5.91 Å². The number of carbonyl (C=O) groups excluding carboxylic acids is 2. The van der Waals surface area contributed by atoms with Gasteiger partial charge in [-0.05, 0) is 31.0 Å². The molecule has 2 heterocycles. The molecule has 0 radical (unpaired) electrons. The molecule has 4 rings (SSSR count). The monoisotopic (exact) mass is 561 g/mol. The Morgan fingerprint density at radius 1 is 0.892 bits per heavy atom. The van der Waals surface area contributed by atoms with Gasteiger partial charge in [0.2, 0.25) is 5.91 Å². The summed E-state index contributed by atoms with van der Waals surface area (Å²) < 4.78 is 0. The Bertz CT molecular complexity index is 1220. The Labute approximate surface area is 231 Å². The number of aliphatic carboxylic acids is 1. The highest BCUT2D eigenvalue weighted by Gasteiger charge is 2.29. The van der Waals surface area contributed by atoms with Crippen LogP contribution in [0.15, 0.2) is 52.8 Å². The first kappa shape index (κ1) is 27.4. The van der Waals surface area contributed by atoms with Crippen molar-refractivity contribution in [3.8, 4) is 0 Å². The third-order valence-corrected chi connectivity index (χ3v) is 9.03. The predicted molar refractivity (Wildman–Crippen MR) is 147 cm³/mol. The minimum absolute atomic E-state index is 0.0913. The zero-order valence-corrected chi connectivity index (χ0v) is 22.9. The number of carboxylic acids is 1. The zero-order chi connectivity index (χ0) is 26.7. The second-order valence-corrected chi connectivity index (χ2v) is 11.0. The molecule has 10 heteroatoms. The summed E-state index contributed by atoms with van der Waals surface area (Å²) in [4.78, 5) is 43.4. The fraction of sp³-hybridized carbons (Fsp3) is 0.370. The predicted octanol–water partition coefficient (Wildman–Crippen LogP) is 5.15. The molecule has 2 fully saturated rings. The summed E-state index contributed by atoms with van der Waals surface area (Å²) in [6, 6.07) is 11.6. The van der Waals surface area contributed by atoms with Crippen molar-refractivity contribution >= 4 is 64.0 Å². The minimum Gasteiger partial charge on any atom is -0.481 e. The van der Waals surface area contributed by atoms with Crippen LogP contribution in [0.2, 0.25) is 10.0 Å². The summed E-state index contributed by atoms with van der Waals surface area (Å²) in [5.41, 5.74) is 1.77. The van der Waals surface area contributed by atoms with E-state index in [1.165, 1.54) is 11.8 Å². The molecular weight excluding hydrogens is 533 g/mol. The second kappa shape index (κ2) is 11.8. The SMILES string of the molecule is C=C(C(=O)N1CCC(C(=O)O)CC1)c1ccc(Sc2ccccc2N2CCN(C(C)=O)CC2)c(Cl)c1Cl. The average Bonchev–Trinajstić information content (AvgIpc) is 2.91. The summed E-state index contributed by atoms with van der Waals surface area (Å²) >= 11 is 14.8. The van der Waals surface area contributed by atoms with Gasteiger partial charge in [0, 0.05) is 67.1 Å². The van der Waals surface area contributed by atoms with Crippen molar-refractivity contribution in [2.45, 2.75) is 29.6 Å². The van der Waals surface area contributed by atoms with Gasteiger partial charge in [-0.2, -0.15) is 0 Å². The molecule has 0 aromatic heterocycles. The van der Waals surface area contributed by atoms with Crippen molar-refractivity contribution in [2.24, 2.45) is 5.92 Å². The number of piperazine rings is 1. The quantitative estimate of drug-likeness (QED) is 0.491. The van der Waals surface area contributed by atoms with Gasteiger partial charge in [-0.3, -0.25) is 14.4 Å². The van der Waals surface area contributed by atoms with Crippen LogP contribution in [0.25, 0.3) is 5.57 Å². The molecular formula is C27H29Cl2N3O4S. The molecule has 0 unspecified atom stereocenters. The normalized spacial score (nSPS) is 16.6. The molecule has 2 amide bonds. The van der Waals surface area contributed by atoms with Crippen molar-refractivity contribution in [1.82, 2.24) is 9.80 Å². The number of hydrogen-bond acceptors (Lipinski definition) is 5. The molecule has 0 bridgehead atoms. The van der Waals surface area contributed by atoms with E-state index in [-0.39, 0.29) is 22.4 Å². The van der Waals surface area contributed by atoms with Gasteiger partial charge in [0.1, 0.15) is 0 Å². The van der Waals surface area contributed by atoms with Crippen LogP contribution in [0.5, 0.6) is 0 Å². The van der Waals surface area contributed by atoms with Crippen LogP contribution in [0.3, 0.4) is 0 Å². The van der Waals surface area contributed by atoms with Gasteiger partial charge in [0.05, 0.1) is 21.7 Å². The van der Waals surface area contributed by atoms with E-state index in [4.69, 9.17) is 23.2 Å². The first-order valence-electron chi connectivity index (χ1n) is 12.1. The average molecular weight is 563 g/mol. The molecule has 1 N–H and O–H groups in total. The maximum Gasteiger partial charge on any atom is 0.306 e. The van der Waals surface area contributed by atoms with Crippen LogP contribution in [0, 0.1) is 5.92 Å². The molecule has 2 aromatic rings. The van der Waals surface area contributed by atoms with Crippen LogP contribution < -0.4 is 4.90 Å². The van der Waals surface area contributed by atoms with E-state index in [9.17, 15) is 19.5 Å². The maximum atomic E-state index is 13.0. The topological polar surface area (TPSA) is 81.2 Å². The smallest absolute Gasteiger partial charge is 0.306 e. The maximum absolute atomic E-state index is 13.0. The molecule has 0 aliphatic carbocycles. The molecule has 0 atom stereocenters. The zero-order valence-electron chi connectivity index (χ0n) is 20.6. The van der Waals surface area contributed by atoms with E-state index < -0.39 is 11.9 Å². The van der Waals surface area contributed by atoms with Crippen molar-refractivity contribution in [1.29, 1.82) is 0 Å². The Balaban J connectivity index is 1.48. The lowest BCUT2D eigenvalue weighted by molar-refractivity contribution is -0.144. The molecule has 37 heavy (non-hydrogen) atoms. The fourth-order valence-electron chi connectivity index (χ4n) is 4.66. The van der Waals surface area contributed by atoms with Crippen LogP contribution in [-0.4, -0.2) is 72.0 Å². The number of rotatable bonds is 6. The number of hydrogen-bond donors (Lipinski definition) is 1. The lowest BCUT2D eigenvalue weighted by Gasteiger charge is -2.36. The fourth-order valence-corrected chi connectivity index (χ4v) is 6.29. The summed E-state index contributed by atoms with van der Waals surface area (Å²) in [5.74, 6) is -1.42. The van der Waals surface area contributed by atoms with Crippen LogP contribution in [0.4, 0.5) is 5.69 Å². The molecule has 2 saturated heterocycles. The van der Waals surface area contributed by atoms with Crippen molar-refractivity contribution < 1.29 is 19.5 Å². The number of carboxylic acid groups (broad SMARTS) is 1. The van der Waals surface area contributed by atoms with Gasteiger partial charge in [0.15, 0.2) is 0 Å². The summed E-state index contributed by atoms with van der Waals surface area (Å²) in [5, 5.41) is 9.81. The summed E-state index contributed by atoms with van der Waals surface area (Å²) in [6.07, 6.45) is 0.837. The number of halogens is 2. The van der Waals surface area contributed by atoms with Crippen molar-refractivity contribution in [3.63, 3.8) is 0 Å². The standard InChI is InChI=1S/C27H29Cl2N3O4S/c1-17(26(34)32-11-9-19(10-12-32)27(35)36)20-7-8-23(25(29)24(20)28)37-22-6-4-3-5-21(22)31-15-13-30(14-16-31)18(2)33/h3-8,19H,1,9-16H2,2H3,(H,35,36). The third-order valence-electron chi connectivity index (χ3n) is 6.91. The van der Waals surface area contributed by atoms with Gasteiger partial charge in [-0.25, -0.2) is 0 Å².